The highest BCUT2D eigenvalue weighted by molar-refractivity contribution is 7.99. The largest absolute Gasteiger partial charge is 0.342 e. The molecule has 0 spiro atoms. The first-order valence-corrected chi connectivity index (χ1v) is 12.3. The van der Waals surface area contributed by atoms with Crippen molar-refractivity contribution in [3.63, 3.8) is 0 Å². The zero-order valence-corrected chi connectivity index (χ0v) is 21.1. The molecule has 0 aliphatic rings. The van der Waals surface area contributed by atoms with Crippen LogP contribution in [0.15, 0.2) is 66.3 Å². The average Bonchev–Trinajstić information content (AvgIpc) is 3.18. The monoisotopic (exact) mass is 517 g/mol. The molecule has 0 fully saturated rings. The number of amides is 2. The van der Waals surface area contributed by atoms with Crippen molar-refractivity contribution < 1.29 is 9.59 Å². The van der Waals surface area contributed by atoms with Gasteiger partial charge in [0, 0.05) is 17.3 Å². The summed E-state index contributed by atoms with van der Waals surface area (Å²) in [5, 5.41) is 15.8. The Kier molecular flexibility index (Phi) is 9.15. The molecule has 0 saturated heterocycles. The molecule has 2 N–H and O–H groups in total. The Morgan fingerprint density at radius 3 is 2.53 bits per heavy atom. The molecule has 0 radical (unpaired) electrons. The lowest BCUT2D eigenvalue weighted by Gasteiger charge is -2.23. The molecule has 10 heteroatoms. The third-order valence-corrected chi connectivity index (χ3v) is 6.37. The lowest BCUT2D eigenvalue weighted by molar-refractivity contribution is -0.113. The summed E-state index contributed by atoms with van der Waals surface area (Å²) in [5.41, 5.74) is 1.04. The second kappa shape index (κ2) is 12.1. The minimum atomic E-state index is -0.445. The molecular formula is C24H25Cl2N5O2S. The van der Waals surface area contributed by atoms with E-state index < -0.39 is 6.04 Å². The van der Waals surface area contributed by atoms with Crippen LogP contribution in [0.4, 0.5) is 5.69 Å². The molecule has 0 saturated carbocycles. The van der Waals surface area contributed by atoms with Crippen LogP contribution >= 0.6 is 35.0 Å². The van der Waals surface area contributed by atoms with Crippen molar-refractivity contribution in [2.75, 3.05) is 11.1 Å². The maximum Gasteiger partial charge on any atom is 0.253 e. The Bertz CT molecular complexity index is 1170. The zero-order chi connectivity index (χ0) is 24.7. The van der Waals surface area contributed by atoms with E-state index in [1.54, 1.807) is 18.2 Å². The second-order valence-corrected chi connectivity index (χ2v) is 9.55. The molecule has 3 aromatic rings. The minimum Gasteiger partial charge on any atom is -0.342 e. The van der Waals surface area contributed by atoms with Gasteiger partial charge in [-0.05, 0) is 36.2 Å². The number of carbonyl (C=O) groups excluding carboxylic acids is 2. The van der Waals surface area contributed by atoms with Gasteiger partial charge < -0.3 is 15.2 Å². The van der Waals surface area contributed by atoms with Crippen LogP contribution in [-0.2, 0) is 11.3 Å². The van der Waals surface area contributed by atoms with Gasteiger partial charge in [-0.2, -0.15) is 0 Å². The number of allylic oxidation sites excluding steroid dienone is 1. The highest BCUT2D eigenvalue weighted by Gasteiger charge is 2.27. The fourth-order valence-electron chi connectivity index (χ4n) is 3.21. The SMILES string of the molecule is C=CCn1c(SCC(=O)Nc2ccccc2)nnc1[C@@H](NC(=O)c1ccc(Cl)cc1Cl)C(C)C. The third kappa shape index (κ3) is 6.62. The summed E-state index contributed by atoms with van der Waals surface area (Å²) in [6.07, 6.45) is 1.72. The van der Waals surface area contributed by atoms with Gasteiger partial charge in [-0.1, -0.05) is 73.1 Å². The molecule has 0 aliphatic carbocycles. The molecule has 1 aromatic heterocycles. The normalized spacial score (nSPS) is 11.8. The Balaban J connectivity index is 1.77. The quantitative estimate of drug-likeness (QED) is 0.268. The Hall–Kier alpha value is -2.81. The minimum absolute atomic E-state index is 0.00187. The van der Waals surface area contributed by atoms with Gasteiger partial charge in [-0.25, -0.2) is 0 Å². The molecule has 1 atom stereocenters. The summed E-state index contributed by atoms with van der Waals surface area (Å²) in [5.74, 6) is 0.228. The number of thioether (sulfide) groups is 1. The highest BCUT2D eigenvalue weighted by Crippen LogP contribution is 2.27. The van der Waals surface area contributed by atoms with Gasteiger partial charge in [-0.3, -0.25) is 9.59 Å². The van der Waals surface area contributed by atoms with E-state index in [0.29, 0.717) is 28.1 Å². The van der Waals surface area contributed by atoms with Crippen molar-refractivity contribution in [3.8, 4) is 0 Å². The molecule has 2 aromatic carbocycles. The van der Waals surface area contributed by atoms with Gasteiger partial charge in [0.2, 0.25) is 5.91 Å². The van der Waals surface area contributed by atoms with Crippen LogP contribution < -0.4 is 10.6 Å². The number of halogens is 2. The number of aromatic nitrogens is 3. The van der Waals surface area contributed by atoms with E-state index in [9.17, 15) is 9.59 Å². The van der Waals surface area contributed by atoms with Crippen LogP contribution in [0.1, 0.15) is 36.1 Å². The molecular weight excluding hydrogens is 493 g/mol. The molecule has 178 valence electrons. The Morgan fingerprint density at radius 2 is 1.88 bits per heavy atom. The van der Waals surface area contributed by atoms with Gasteiger partial charge in [0.05, 0.1) is 22.4 Å². The van der Waals surface area contributed by atoms with Gasteiger partial charge in [0.1, 0.15) is 0 Å². The number of para-hydroxylation sites is 1. The number of hydrogen-bond donors (Lipinski definition) is 2. The maximum absolute atomic E-state index is 13.0. The maximum atomic E-state index is 13.0. The van der Waals surface area contributed by atoms with Gasteiger partial charge >= 0.3 is 0 Å². The number of benzene rings is 2. The van der Waals surface area contributed by atoms with E-state index in [-0.39, 0.29) is 28.5 Å². The summed E-state index contributed by atoms with van der Waals surface area (Å²) in [6, 6.07) is 13.5. The van der Waals surface area contributed by atoms with E-state index in [2.05, 4.69) is 27.4 Å². The van der Waals surface area contributed by atoms with Crippen LogP contribution in [0, 0.1) is 5.92 Å². The Morgan fingerprint density at radius 1 is 1.15 bits per heavy atom. The lowest BCUT2D eigenvalue weighted by Crippen LogP contribution is -2.34. The molecule has 3 rings (SSSR count). The van der Waals surface area contributed by atoms with Crippen LogP contribution in [0.5, 0.6) is 0 Å². The fourth-order valence-corrected chi connectivity index (χ4v) is 4.46. The highest BCUT2D eigenvalue weighted by atomic mass is 35.5. The fraction of sp³-hybridized carbons (Fsp3) is 0.250. The van der Waals surface area contributed by atoms with E-state index in [4.69, 9.17) is 23.2 Å². The van der Waals surface area contributed by atoms with Gasteiger partial charge in [-0.15, -0.1) is 16.8 Å². The zero-order valence-electron chi connectivity index (χ0n) is 18.8. The van der Waals surface area contributed by atoms with E-state index in [0.717, 1.165) is 5.69 Å². The van der Waals surface area contributed by atoms with E-state index in [1.165, 1.54) is 17.8 Å². The average molecular weight is 518 g/mol. The van der Waals surface area contributed by atoms with Crippen molar-refractivity contribution in [3.05, 3.63) is 82.6 Å². The Labute approximate surface area is 212 Å². The van der Waals surface area contributed by atoms with Crippen LogP contribution in [0.2, 0.25) is 10.0 Å². The third-order valence-electron chi connectivity index (χ3n) is 4.85. The van der Waals surface area contributed by atoms with E-state index >= 15 is 0 Å². The van der Waals surface area contributed by atoms with Crippen molar-refractivity contribution in [1.82, 2.24) is 20.1 Å². The number of carbonyl (C=O) groups is 2. The standard InChI is InChI=1S/C24H25Cl2N5O2S/c1-4-12-31-22(21(15(2)3)28-23(33)18-11-10-16(25)13-19(18)26)29-30-24(31)34-14-20(32)27-17-8-6-5-7-9-17/h4-11,13,15,21H,1,12,14H2,2-3H3,(H,27,32)(H,28,33)/t21-/m0/s1. The van der Waals surface area contributed by atoms with Crippen molar-refractivity contribution >= 4 is 52.5 Å². The van der Waals surface area contributed by atoms with E-state index in [1.807, 2.05) is 48.7 Å². The topological polar surface area (TPSA) is 88.9 Å². The van der Waals surface area contributed by atoms with Crippen LogP contribution in [0.3, 0.4) is 0 Å². The number of rotatable bonds is 10. The summed E-state index contributed by atoms with van der Waals surface area (Å²) in [7, 11) is 0. The summed E-state index contributed by atoms with van der Waals surface area (Å²) in [4.78, 5) is 25.3. The molecule has 0 bridgehead atoms. The molecule has 34 heavy (non-hydrogen) atoms. The first-order valence-electron chi connectivity index (χ1n) is 10.6. The van der Waals surface area contributed by atoms with Crippen molar-refractivity contribution in [2.24, 2.45) is 5.92 Å². The summed E-state index contributed by atoms with van der Waals surface area (Å²) < 4.78 is 1.85. The van der Waals surface area contributed by atoms with Gasteiger partial charge in [0.25, 0.3) is 5.91 Å². The first kappa shape index (κ1) is 25.8. The lowest BCUT2D eigenvalue weighted by atomic mass is 10.0. The van der Waals surface area contributed by atoms with Crippen molar-refractivity contribution in [2.45, 2.75) is 31.6 Å². The molecule has 7 nitrogen and oxygen atoms in total. The predicted octanol–water partition coefficient (Wildman–Crippen LogP) is 5.63. The first-order chi connectivity index (χ1) is 16.3. The van der Waals surface area contributed by atoms with Crippen LogP contribution in [0.25, 0.3) is 0 Å². The van der Waals surface area contributed by atoms with Crippen molar-refractivity contribution in [1.29, 1.82) is 0 Å². The molecule has 0 aliphatic heterocycles. The summed E-state index contributed by atoms with van der Waals surface area (Å²) >= 11 is 13.4. The van der Waals surface area contributed by atoms with Gasteiger partial charge in [0.15, 0.2) is 11.0 Å². The number of nitrogens with zero attached hydrogens (tertiary/aromatic N) is 3. The second-order valence-electron chi connectivity index (χ2n) is 7.76. The number of hydrogen-bond acceptors (Lipinski definition) is 5. The predicted molar refractivity (Wildman–Crippen MR) is 138 cm³/mol. The molecule has 1 heterocycles. The molecule has 0 unspecified atom stereocenters. The molecule has 2 amide bonds. The smallest absolute Gasteiger partial charge is 0.253 e. The van der Waals surface area contributed by atoms with Crippen LogP contribution in [-0.4, -0.2) is 32.3 Å². The number of anilines is 1. The summed E-state index contributed by atoms with van der Waals surface area (Å²) in [6.45, 7) is 8.19. The number of nitrogens with one attached hydrogen (secondary N) is 2.